The minimum atomic E-state index is -0.621. The maximum absolute atomic E-state index is 13.1. The van der Waals surface area contributed by atoms with Crippen LogP contribution in [0, 0.1) is 5.41 Å². The van der Waals surface area contributed by atoms with E-state index in [2.05, 4.69) is 0 Å². The first-order valence-electron chi connectivity index (χ1n) is 9.17. The van der Waals surface area contributed by atoms with Crippen LogP contribution < -0.4 is 0 Å². The van der Waals surface area contributed by atoms with E-state index in [1.54, 1.807) is 16.8 Å². The van der Waals surface area contributed by atoms with Crippen molar-refractivity contribution in [3.63, 3.8) is 0 Å². The summed E-state index contributed by atoms with van der Waals surface area (Å²) in [6.45, 7) is 13.6. The molecule has 1 aromatic carbocycles. The van der Waals surface area contributed by atoms with Crippen LogP contribution in [-0.2, 0) is 9.53 Å². The Kier molecular flexibility index (Phi) is 5.41. The smallest absolute Gasteiger partial charge is 0.412 e. The molecule has 1 aliphatic rings. The fourth-order valence-electron chi connectivity index (χ4n) is 3.71. The highest BCUT2D eigenvalue weighted by molar-refractivity contribution is 5.90. The number of carbonyl (C=O) groups is 2. The Bertz CT molecular complexity index is 658. The number of nitrogens with zero attached hydrogens (tertiary/aromatic N) is 2. The van der Waals surface area contributed by atoms with Crippen molar-refractivity contribution >= 4 is 12.0 Å². The van der Waals surface area contributed by atoms with Gasteiger partial charge in [-0.25, -0.2) is 4.79 Å². The average Bonchev–Trinajstić information content (AvgIpc) is 2.78. The largest absolute Gasteiger partial charge is 0.444 e. The van der Waals surface area contributed by atoms with E-state index >= 15 is 0 Å². The Morgan fingerprint density at radius 1 is 1.08 bits per heavy atom. The molecule has 2 rings (SSSR count). The van der Waals surface area contributed by atoms with Crippen LogP contribution in [0.3, 0.4) is 0 Å². The standard InChI is InChI=1S/C21H32N2O3/c1-14(15-12-10-9-11-13-15)16-17(24)22(8)18(20(2,3)4)23(16)19(25)26-21(5,6)7/h9-14,16,18H,1-8H3. The summed E-state index contributed by atoms with van der Waals surface area (Å²) in [6.07, 6.45) is -0.802. The first kappa shape index (κ1) is 20.3. The van der Waals surface area contributed by atoms with Crippen LogP contribution in [0.4, 0.5) is 4.79 Å². The van der Waals surface area contributed by atoms with Gasteiger partial charge in [-0.3, -0.25) is 9.69 Å². The highest BCUT2D eigenvalue weighted by Crippen LogP contribution is 2.39. The Balaban J connectivity index is 2.49. The van der Waals surface area contributed by atoms with Crippen molar-refractivity contribution in [3.05, 3.63) is 35.9 Å². The number of likely N-dealkylation sites (N-methyl/N-ethyl adjacent to an activating group) is 1. The highest BCUT2D eigenvalue weighted by atomic mass is 16.6. The molecule has 144 valence electrons. The quantitative estimate of drug-likeness (QED) is 0.792. The lowest BCUT2D eigenvalue weighted by Crippen LogP contribution is -2.52. The first-order chi connectivity index (χ1) is 11.8. The van der Waals surface area contributed by atoms with Crippen molar-refractivity contribution in [2.45, 2.75) is 72.2 Å². The van der Waals surface area contributed by atoms with Gasteiger partial charge >= 0.3 is 6.09 Å². The molecule has 0 bridgehead atoms. The van der Waals surface area contributed by atoms with Gasteiger partial charge < -0.3 is 9.64 Å². The highest BCUT2D eigenvalue weighted by Gasteiger charge is 2.54. The second kappa shape index (κ2) is 6.93. The summed E-state index contributed by atoms with van der Waals surface area (Å²) in [7, 11) is 1.77. The molecule has 5 nitrogen and oxygen atoms in total. The summed E-state index contributed by atoms with van der Waals surface area (Å²) in [5, 5.41) is 0. The molecule has 1 fully saturated rings. The minimum absolute atomic E-state index is 0.0489. The molecule has 0 aliphatic carbocycles. The number of carbonyl (C=O) groups excluding carboxylic acids is 2. The van der Waals surface area contributed by atoms with E-state index in [9.17, 15) is 9.59 Å². The van der Waals surface area contributed by atoms with Crippen molar-refractivity contribution in [2.24, 2.45) is 5.41 Å². The fraction of sp³-hybridized carbons (Fsp3) is 0.619. The summed E-state index contributed by atoms with van der Waals surface area (Å²) in [4.78, 5) is 29.5. The Labute approximate surface area is 157 Å². The summed E-state index contributed by atoms with van der Waals surface area (Å²) >= 11 is 0. The van der Waals surface area contributed by atoms with E-state index in [0.29, 0.717) is 0 Å². The van der Waals surface area contributed by atoms with Crippen molar-refractivity contribution in [1.82, 2.24) is 9.80 Å². The van der Waals surface area contributed by atoms with Gasteiger partial charge in [0.1, 0.15) is 17.8 Å². The number of hydrogen-bond acceptors (Lipinski definition) is 3. The van der Waals surface area contributed by atoms with Gasteiger partial charge in [0.2, 0.25) is 5.91 Å². The lowest BCUT2D eigenvalue weighted by molar-refractivity contribution is -0.130. The van der Waals surface area contributed by atoms with Gasteiger partial charge in [0, 0.05) is 18.4 Å². The normalized spacial score (nSPS) is 22.5. The Morgan fingerprint density at radius 3 is 2.08 bits per heavy atom. The number of hydrogen-bond donors (Lipinski definition) is 0. The van der Waals surface area contributed by atoms with E-state index in [-0.39, 0.29) is 23.4 Å². The van der Waals surface area contributed by atoms with Gasteiger partial charge in [-0.05, 0) is 26.3 Å². The van der Waals surface area contributed by atoms with Crippen LogP contribution in [0.5, 0.6) is 0 Å². The molecule has 0 aromatic heterocycles. The van der Waals surface area contributed by atoms with Crippen molar-refractivity contribution in [3.8, 4) is 0 Å². The molecule has 1 heterocycles. The zero-order valence-corrected chi connectivity index (χ0v) is 17.2. The fourth-order valence-corrected chi connectivity index (χ4v) is 3.71. The third kappa shape index (κ3) is 4.02. The zero-order valence-electron chi connectivity index (χ0n) is 17.2. The van der Waals surface area contributed by atoms with Crippen molar-refractivity contribution in [1.29, 1.82) is 0 Å². The van der Waals surface area contributed by atoms with Crippen LogP contribution in [0.2, 0.25) is 0 Å². The van der Waals surface area contributed by atoms with Crippen LogP contribution in [0.1, 0.15) is 59.9 Å². The van der Waals surface area contributed by atoms with Gasteiger partial charge in [0.25, 0.3) is 0 Å². The van der Waals surface area contributed by atoms with Crippen LogP contribution in [0.25, 0.3) is 0 Å². The molecule has 0 N–H and O–H groups in total. The molecule has 5 heteroatoms. The van der Waals surface area contributed by atoms with Crippen molar-refractivity contribution < 1.29 is 14.3 Å². The molecule has 0 spiro atoms. The number of ether oxygens (including phenoxy) is 1. The van der Waals surface area contributed by atoms with Gasteiger partial charge in [-0.1, -0.05) is 58.0 Å². The molecule has 1 aromatic rings. The van der Waals surface area contributed by atoms with Crippen molar-refractivity contribution in [2.75, 3.05) is 7.05 Å². The Hall–Kier alpha value is -2.04. The molecule has 0 saturated carbocycles. The van der Waals surface area contributed by atoms with Gasteiger partial charge in [-0.2, -0.15) is 0 Å². The molecule has 3 unspecified atom stereocenters. The van der Waals surface area contributed by atoms with E-state index in [1.807, 2.05) is 78.8 Å². The SMILES string of the molecule is CC(c1ccccc1)C1C(=O)N(C)C(C(C)(C)C)N1C(=O)OC(C)(C)C. The van der Waals surface area contributed by atoms with Gasteiger partial charge in [0.15, 0.2) is 0 Å². The molecular weight excluding hydrogens is 328 g/mol. The average molecular weight is 360 g/mol. The topological polar surface area (TPSA) is 49.9 Å². The molecule has 26 heavy (non-hydrogen) atoms. The maximum Gasteiger partial charge on any atom is 0.412 e. The molecule has 1 saturated heterocycles. The minimum Gasteiger partial charge on any atom is -0.444 e. The first-order valence-corrected chi connectivity index (χ1v) is 9.17. The summed E-state index contributed by atoms with van der Waals surface area (Å²) < 4.78 is 5.67. The second-order valence-electron chi connectivity index (χ2n) is 9.22. The molecular formula is C21H32N2O3. The lowest BCUT2D eigenvalue weighted by Gasteiger charge is -2.40. The van der Waals surface area contributed by atoms with Crippen LogP contribution >= 0.6 is 0 Å². The van der Waals surface area contributed by atoms with E-state index in [0.717, 1.165) is 5.56 Å². The predicted octanol–water partition coefficient (Wildman–Crippen LogP) is 4.24. The number of rotatable bonds is 2. The van der Waals surface area contributed by atoms with E-state index < -0.39 is 17.7 Å². The third-order valence-electron chi connectivity index (χ3n) is 4.71. The van der Waals surface area contributed by atoms with E-state index in [4.69, 9.17) is 4.74 Å². The molecule has 2 amide bonds. The van der Waals surface area contributed by atoms with Crippen LogP contribution in [-0.4, -0.2) is 46.7 Å². The molecule has 0 radical (unpaired) electrons. The molecule has 3 atom stereocenters. The second-order valence-corrected chi connectivity index (χ2v) is 9.22. The van der Waals surface area contributed by atoms with Gasteiger partial charge in [-0.15, -0.1) is 0 Å². The number of amides is 2. The summed E-state index contributed by atoms with van der Waals surface area (Å²) in [5.41, 5.74) is 0.110. The zero-order chi connectivity index (χ0) is 19.9. The third-order valence-corrected chi connectivity index (χ3v) is 4.71. The Morgan fingerprint density at radius 2 is 1.62 bits per heavy atom. The summed E-state index contributed by atoms with van der Waals surface area (Å²) in [6, 6.07) is 9.26. The van der Waals surface area contributed by atoms with Gasteiger partial charge in [0.05, 0.1) is 0 Å². The maximum atomic E-state index is 13.1. The van der Waals surface area contributed by atoms with Crippen LogP contribution in [0.15, 0.2) is 30.3 Å². The lowest BCUT2D eigenvalue weighted by atomic mass is 9.89. The van der Waals surface area contributed by atoms with E-state index in [1.165, 1.54) is 0 Å². The predicted molar refractivity (Wildman–Crippen MR) is 103 cm³/mol. The monoisotopic (exact) mass is 360 g/mol. The summed E-state index contributed by atoms with van der Waals surface area (Å²) in [5.74, 6) is -0.182. The molecule has 1 aliphatic heterocycles. The number of benzene rings is 1.